The van der Waals surface area contributed by atoms with E-state index in [-0.39, 0.29) is 11.7 Å². The Bertz CT molecular complexity index is 475. The fraction of sp³-hybridized carbons (Fsp3) is 0.417. The van der Waals surface area contributed by atoms with Crippen molar-refractivity contribution < 1.29 is 14.8 Å². The summed E-state index contributed by atoms with van der Waals surface area (Å²) in [5.74, 6) is -1.31. The second-order valence-electron chi connectivity index (χ2n) is 4.38. The fourth-order valence-corrected chi connectivity index (χ4v) is 2.38. The smallest absolute Gasteiger partial charge is 0.308 e. The number of carboxylic acids is 1. The van der Waals surface area contributed by atoms with Crippen molar-refractivity contribution >= 4 is 11.7 Å². The molecule has 0 bridgehead atoms. The Balaban J connectivity index is 2.19. The van der Waals surface area contributed by atoms with Crippen LogP contribution in [0.1, 0.15) is 12.0 Å². The molecule has 1 aliphatic rings. The third kappa shape index (κ3) is 2.48. The van der Waals surface area contributed by atoms with Crippen LogP contribution >= 0.6 is 0 Å². The average Bonchev–Trinajstić information content (AvgIpc) is 2.77. The van der Waals surface area contributed by atoms with E-state index in [9.17, 15) is 14.9 Å². The molecule has 2 rings (SSSR count). The summed E-state index contributed by atoms with van der Waals surface area (Å²) in [6.45, 7) is 0.641. The van der Waals surface area contributed by atoms with E-state index >= 15 is 0 Å². The van der Waals surface area contributed by atoms with Crippen LogP contribution < -0.4 is 5.32 Å². The lowest BCUT2D eigenvalue weighted by atomic mass is 9.94. The quantitative estimate of drug-likeness (QED) is 0.618. The standard InChI is InChI=1S/C12H14N2O4/c15-12(16)9-5-6-13-10(9)7-8-3-1-2-4-11(8)14(17)18/h1-4,9-10,13H,5-7H2,(H,15,16). The maximum Gasteiger partial charge on any atom is 0.308 e. The summed E-state index contributed by atoms with van der Waals surface area (Å²) in [5.41, 5.74) is 0.628. The molecule has 1 fully saturated rings. The van der Waals surface area contributed by atoms with Gasteiger partial charge in [0, 0.05) is 17.7 Å². The molecular formula is C12H14N2O4. The van der Waals surface area contributed by atoms with Crippen molar-refractivity contribution in [3.63, 3.8) is 0 Å². The van der Waals surface area contributed by atoms with E-state index in [1.165, 1.54) is 6.07 Å². The Morgan fingerprint density at radius 1 is 1.50 bits per heavy atom. The number of hydrogen-bond donors (Lipinski definition) is 2. The Morgan fingerprint density at radius 2 is 2.22 bits per heavy atom. The van der Waals surface area contributed by atoms with Gasteiger partial charge >= 0.3 is 5.97 Å². The number of nitro benzene ring substituents is 1. The number of hydrogen-bond acceptors (Lipinski definition) is 4. The Hall–Kier alpha value is -1.95. The number of carbonyl (C=O) groups is 1. The molecule has 1 aromatic carbocycles. The van der Waals surface area contributed by atoms with Crippen LogP contribution in [-0.4, -0.2) is 28.6 Å². The number of nitrogens with one attached hydrogen (secondary N) is 1. The molecule has 6 heteroatoms. The summed E-state index contributed by atoms with van der Waals surface area (Å²) in [7, 11) is 0. The Kier molecular flexibility index (Phi) is 3.57. The van der Waals surface area contributed by atoms with E-state index in [4.69, 9.17) is 5.11 Å². The van der Waals surface area contributed by atoms with Gasteiger partial charge in [0.2, 0.25) is 0 Å². The Labute approximate surface area is 104 Å². The molecule has 0 amide bonds. The van der Waals surface area contributed by atoms with Crippen molar-refractivity contribution in [1.82, 2.24) is 5.32 Å². The molecule has 0 saturated carbocycles. The highest BCUT2D eigenvalue weighted by atomic mass is 16.6. The average molecular weight is 250 g/mol. The minimum atomic E-state index is -0.844. The fourth-order valence-electron chi connectivity index (χ4n) is 2.38. The molecule has 0 radical (unpaired) electrons. The molecule has 0 aliphatic carbocycles. The van der Waals surface area contributed by atoms with E-state index in [0.29, 0.717) is 24.9 Å². The highest BCUT2D eigenvalue weighted by Crippen LogP contribution is 2.24. The van der Waals surface area contributed by atoms with Gasteiger partial charge in [-0.1, -0.05) is 18.2 Å². The molecule has 18 heavy (non-hydrogen) atoms. The predicted molar refractivity (Wildman–Crippen MR) is 64.3 cm³/mol. The largest absolute Gasteiger partial charge is 0.481 e. The van der Waals surface area contributed by atoms with Crippen LogP contribution in [0, 0.1) is 16.0 Å². The number of nitro groups is 1. The number of benzene rings is 1. The maximum atomic E-state index is 11.0. The molecule has 2 N–H and O–H groups in total. The normalized spacial score (nSPS) is 22.9. The summed E-state index contributed by atoms with van der Waals surface area (Å²) in [5, 5.41) is 23.0. The molecular weight excluding hydrogens is 236 g/mol. The number of nitrogens with zero attached hydrogens (tertiary/aromatic N) is 1. The van der Waals surface area contributed by atoms with Crippen molar-refractivity contribution in [1.29, 1.82) is 0 Å². The van der Waals surface area contributed by atoms with Gasteiger partial charge < -0.3 is 10.4 Å². The molecule has 6 nitrogen and oxygen atoms in total. The minimum Gasteiger partial charge on any atom is -0.481 e. The van der Waals surface area contributed by atoms with Crippen molar-refractivity contribution in [3.8, 4) is 0 Å². The van der Waals surface area contributed by atoms with Gasteiger partial charge in [0.15, 0.2) is 0 Å². The minimum absolute atomic E-state index is 0.0512. The van der Waals surface area contributed by atoms with Gasteiger partial charge in [-0.25, -0.2) is 0 Å². The first-order valence-corrected chi connectivity index (χ1v) is 5.78. The third-order valence-corrected chi connectivity index (χ3v) is 3.29. The zero-order valence-corrected chi connectivity index (χ0v) is 9.70. The molecule has 96 valence electrons. The van der Waals surface area contributed by atoms with Gasteiger partial charge in [-0.15, -0.1) is 0 Å². The summed E-state index contributed by atoms with van der Waals surface area (Å²) >= 11 is 0. The molecule has 1 aliphatic heterocycles. The van der Waals surface area contributed by atoms with Crippen LogP contribution in [0.4, 0.5) is 5.69 Å². The van der Waals surface area contributed by atoms with E-state index in [1.54, 1.807) is 18.2 Å². The van der Waals surface area contributed by atoms with Gasteiger partial charge in [-0.2, -0.15) is 0 Å². The summed E-state index contributed by atoms with van der Waals surface area (Å²) in [6, 6.07) is 6.23. The summed E-state index contributed by atoms with van der Waals surface area (Å²) in [6.07, 6.45) is 0.939. The van der Waals surface area contributed by atoms with Crippen molar-refractivity contribution in [2.75, 3.05) is 6.54 Å². The van der Waals surface area contributed by atoms with E-state index in [0.717, 1.165) is 0 Å². The first kappa shape index (κ1) is 12.5. The first-order valence-electron chi connectivity index (χ1n) is 5.78. The Morgan fingerprint density at radius 3 is 2.89 bits per heavy atom. The van der Waals surface area contributed by atoms with Crippen LogP contribution in [0.15, 0.2) is 24.3 Å². The predicted octanol–water partition coefficient (Wildman–Crippen LogP) is 1.20. The zero-order chi connectivity index (χ0) is 13.1. The van der Waals surface area contributed by atoms with Gasteiger partial charge in [-0.3, -0.25) is 14.9 Å². The molecule has 1 heterocycles. The number of para-hydroxylation sites is 1. The van der Waals surface area contributed by atoms with Crippen LogP contribution in [0.5, 0.6) is 0 Å². The third-order valence-electron chi connectivity index (χ3n) is 3.29. The van der Waals surface area contributed by atoms with E-state index < -0.39 is 16.8 Å². The van der Waals surface area contributed by atoms with Gasteiger partial charge in [-0.05, 0) is 19.4 Å². The SMILES string of the molecule is O=C(O)C1CCNC1Cc1ccccc1[N+](=O)[O-]. The second kappa shape index (κ2) is 5.14. The van der Waals surface area contributed by atoms with Crippen LogP contribution in [0.25, 0.3) is 0 Å². The molecule has 0 spiro atoms. The highest BCUT2D eigenvalue weighted by Gasteiger charge is 2.33. The molecule has 1 saturated heterocycles. The van der Waals surface area contributed by atoms with Gasteiger partial charge in [0.1, 0.15) is 0 Å². The topological polar surface area (TPSA) is 92.5 Å². The monoisotopic (exact) mass is 250 g/mol. The van der Waals surface area contributed by atoms with Crippen LogP contribution in [-0.2, 0) is 11.2 Å². The number of aliphatic carboxylic acids is 1. The van der Waals surface area contributed by atoms with Gasteiger partial charge in [0.05, 0.1) is 10.8 Å². The number of rotatable bonds is 4. The van der Waals surface area contributed by atoms with E-state index in [1.807, 2.05) is 0 Å². The first-order chi connectivity index (χ1) is 8.59. The van der Waals surface area contributed by atoms with Crippen molar-refractivity contribution in [3.05, 3.63) is 39.9 Å². The van der Waals surface area contributed by atoms with Crippen molar-refractivity contribution in [2.45, 2.75) is 18.9 Å². The molecule has 0 aromatic heterocycles. The summed E-state index contributed by atoms with van der Waals surface area (Å²) in [4.78, 5) is 21.5. The lowest BCUT2D eigenvalue weighted by Crippen LogP contribution is -2.33. The maximum absolute atomic E-state index is 11.0. The molecule has 2 unspecified atom stereocenters. The lowest BCUT2D eigenvalue weighted by Gasteiger charge is -2.15. The van der Waals surface area contributed by atoms with Gasteiger partial charge in [0.25, 0.3) is 5.69 Å². The molecule has 2 atom stereocenters. The van der Waals surface area contributed by atoms with Crippen molar-refractivity contribution in [2.24, 2.45) is 5.92 Å². The van der Waals surface area contributed by atoms with Crippen LogP contribution in [0.2, 0.25) is 0 Å². The zero-order valence-electron chi connectivity index (χ0n) is 9.70. The highest BCUT2D eigenvalue weighted by molar-refractivity contribution is 5.71. The lowest BCUT2D eigenvalue weighted by molar-refractivity contribution is -0.385. The van der Waals surface area contributed by atoms with Crippen LogP contribution in [0.3, 0.4) is 0 Å². The van der Waals surface area contributed by atoms with E-state index in [2.05, 4.69) is 5.32 Å². The molecule has 1 aromatic rings. The summed E-state index contributed by atoms with van der Waals surface area (Å²) < 4.78 is 0. The number of carboxylic acid groups (broad SMARTS) is 1. The second-order valence-corrected chi connectivity index (χ2v) is 4.38.